The van der Waals surface area contributed by atoms with Crippen LogP contribution in [0.5, 0.6) is 0 Å². The van der Waals surface area contributed by atoms with Crippen molar-refractivity contribution in [2.24, 2.45) is 5.73 Å². The van der Waals surface area contributed by atoms with Crippen molar-refractivity contribution in [3.05, 3.63) is 65.5 Å². The summed E-state index contributed by atoms with van der Waals surface area (Å²) >= 11 is 0. The predicted molar refractivity (Wildman–Crippen MR) is 101 cm³/mol. The second-order valence-electron chi connectivity index (χ2n) is 7.35. The van der Waals surface area contributed by atoms with Gasteiger partial charge in [0.25, 0.3) is 0 Å². The van der Waals surface area contributed by atoms with E-state index in [2.05, 4.69) is 0 Å². The second kappa shape index (κ2) is 8.14. The van der Waals surface area contributed by atoms with Crippen molar-refractivity contribution in [1.29, 1.82) is 0 Å². The number of halogens is 9. The van der Waals surface area contributed by atoms with E-state index in [0.717, 1.165) is 24.3 Å². The van der Waals surface area contributed by atoms with Gasteiger partial charge < -0.3 is 5.73 Å². The van der Waals surface area contributed by atoms with Crippen LogP contribution in [0.3, 0.4) is 0 Å². The summed E-state index contributed by atoms with van der Waals surface area (Å²) in [5.74, 6) is -0.707. The molecule has 3 rings (SSSR count). The third kappa shape index (κ3) is 3.86. The molecule has 1 aliphatic carbocycles. The molecule has 0 amide bonds. The number of rotatable bonds is 4. The molecule has 2 aromatic carbocycles. The molecule has 0 aromatic heterocycles. The number of sulfone groups is 1. The fourth-order valence-electron chi connectivity index (χ4n) is 3.73. The fourth-order valence-corrected chi connectivity index (χ4v) is 5.99. The smallest absolute Gasteiger partial charge is 0.328 e. The van der Waals surface area contributed by atoms with Crippen LogP contribution in [0.4, 0.5) is 35.1 Å². The van der Waals surface area contributed by atoms with Gasteiger partial charge in [-0.2, -0.15) is 26.3 Å². The molecule has 3 nitrogen and oxygen atoms in total. The summed E-state index contributed by atoms with van der Waals surface area (Å²) in [6.45, 7) is 0. The van der Waals surface area contributed by atoms with E-state index in [0.29, 0.717) is 12.1 Å². The largest absolute Gasteiger partial charge is 0.435 e. The summed E-state index contributed by atoms with van der Waals surface area (Å²) in [5.41, 5.74) is -1.78. The summed E-state index contributed by atoms with van der Waals surface area (Å²) in [6, 6.07) is 5.14. The van der Waals surface area contributed by atoms with Crippen molar-refractivity contribution in [2.45, 2.75) is 46.5 Å². The summed E-state index contributed by atoms with van der Waals surface area (Å²) in [6.07, 6.45) is -12.9. The van der Waals surface area contributed by atoms with Gasteiger partial charge in [0.15, 0.2) is 9.84 Å². The van der Waals surface area contributed by atoms with Crippen LogP contribution in [0, 0.1) is 5.82 Å². The highest BCUT2D eigenvalue weighted by molar-refractivity contribution is 7.92. The van der Waals surface area contributed by atoms with Gasteiger partial charge in [-0.1, -0.05) is 24.3 Å². The lowest BCUT2D eigenvalue weighted by Gasteiger charge is -2.45. The highest BCUT2D eigenvalue weighted by Crippen LogP contribution is 2.54. The first-order chi connectivity index (χ1) is 14.1. The molecular formula is C19H16ClF8NO2S. The Bertz CT molecular complexity index is 1050. The van der Waals surface area contributed by atoms with E-state index >= 15 is 0 Å². The molecule has 0 heterocycles. The van der Waals surface area contributed by atoms with E-state index in [-0.39, 0.29) is 47.8 Å². The maximum absolute atomic E-state index is 14.2. The molecular weight excluding hydrogens is 494 g/mol. The lowest BCUT2D eigenvalue weighted by molar-refractivity contribution is -0.348. The van der Waals surface area contributed by atoms with Crippen LogP contribution in [-0.2, 0) is 20.3 Å². The molecule has 0 atom stereocenters. The van der Waals surface area contributed by atoms with Crippen molar-refractivity contribution in [3.63, 3.8) is 0 Å². The van der Waals surface area contributed by atoms with Crippen LogP contribution in [0.2, 0.25) is 0 Å². The molecule has 0 unspecified atom stereocenters. The number of hydrogen-bond acceptors (Lipinski definition) is 3. The first-order valence-electron chi connectivity index (χ1n) is 8.75. The monoisotopic (exact) mass is 509 g/mol. The van der Waals surface area contributed by atoms with Crippen molar-refractivity contribution >= 4 is 22.2 Å². The van der Waals surface area contributed by atoms with Gasteiger partial charge in [0.1, 0.15) is 10.6 Å². The Morgan fingerprint density at radius 1 is 0.812 bits per heavy atom. The van der Waals surface area contributed by atoms with Crippen molar-refractivity contribution in [1.82, 2.24) is 0 Å². The maximum Gasteiger partial charge on any atom is 0.435 e. The molecule has 1 aliphatic rings. The second-order valence-corrected chi connectivity index (χ2v) is 9.61. The summed E-state index contributed by atoms with van der Waals surface area (Å²) in [4.78, 5) is -0.296. The number of hydrogen-bond donors (Lipinski definition) is 1. The zero-order valence-corrected chi connectivity index (χ0v) is 17.5. The van der Waals surface area contributed by atoms with Gasteiger partial charge in [0.05, 0.1) is 4.90 Å². The first-order valence-corrected chi connectivity index (χ1v) is 10.2. The highest BCUT2D eigenvalue weighted by atomic mass is 35.5. The molecule has 0 aliphatic heterocycles. The molecule has 2 N–H and O–H groups in total. The minimum atomic E-state index is -6.29. The molecule has 13 heteroatoms. The molecule has 0 saturated heterocycles. The fraction of sp³-hybridized carbons (Fsp3) is 0.368. The molecule has 2 aromatic rings. The van der Waals surface area contributed by atoms with E-state index < -0.39 is 50.0 Å². The Kier molecular flexibility index (Phi) is 6.70. The van der Waals surface area contributed by atoms with E-state index in [4.69, 9.17) is 5.73 Å². The number of benzene rings is 2. The van der Waals surface area contributed by atoms with Crippen LogP contribution >= 0.6 is 12.4 Å². The molecule has 0 spiro atoms. The average Bonchev–Trinajstić information content (AvgIpc) is 2.63. The third-order valence-electron chi connectivity index (χ3n) is 5.41. The molecule has 32 heavy (non-hydrogen) atoms. The Morgan fingerprint density at radius 2 is 1.25 bits per heavy atom. The first kappa shape index (κ1) is 26.3. The lowest BCUT2D eigenvalue weighted by atomic mass is 9.74. The van der Waals surface area contributed by atoms with E-state index in [1.54, 1.807) is 0 Å². The van der Waals surface area contributed by atoms with Gasteiger partial charge in [-0.05, 0) is 42.7 Å². The van der Waals surface area contributed by atoms with Gasteiger partial charge in [0.2, 0.25) is 0 Å². The standard InChI is InChI=1S/C19H15F8NO2S.ClH/c20-13-5-7-15(8-6-13)31(29,30)16(9-14(28)10-16)11-1-3-12(4-2-11)17(21,18(22,23)24)19(25,26)27;/h1-8,14H,9-10,28H2;1H/t14-,16+;. The zero-order valence-electron chi connectivity index (χ0n) is 15.8. The minimum Gasteiger partial charge on any atom is -0.328 e. The summed E-state index contributed by atoms with van der Waals surface area (Å²) in [7, 11) is -4.26. The van der Waals surface area contributed by atoms with Crippen LogP contribution in [0.25, 0.3) is 0 Å². The Labute approximate surface area is 183 Å². The SMILES string of the molecule is Cl.N[C@H]1C[C@@](c2ccc(C(F)(C(F)(F)F)C(F)(F)F)cc2)(S(=O)(=O)c2ccc(F)cc2)C1. The van der Waals surface area contributed by atoms with Crippen molar-refractivity contribution in [3.8, 4) is 0 Å². The average molecular weight is 510 g/mol. The Morgan fingerprint density at radius 3 is 1.62 bits per heavy atom. The Balaban J connectivity index is 0.00000363. The van der Waals surface area contributed by atoms with E-state index in [1.165, 1.54) is 0 Å². The minimum absolute atomic E-state index is 0. The topological polar surface area (TPSA) is 60.2 Å². The quantitative estimate of drug-likeness (QED) is 0.448. The third-order valence-corrected chi connectivity index (χ3v) is 7.90. The van der Waals surface area contributed by atoms with Gasteiger partial charge in [0, 0.05) is 11.6 Å². The molecule has 0 radical (unpaired) electrons. The summed E-state index contributed by atoms with van der Waals surface area (Å²) < 4.78 is 130. The number of nitrogens with two attached hydrogens (primary N) is 1. The van der Waals surface area contributed by atoms with E-state index in [9.17, 15) is 43.5 Å². The van der Waals surface area contributed by atoms with Gasteiger partial charge in [-0.25, -0.2) is 17.2 Å². The molecule has 0 bridgehead atoms. The van der Waals surface area contributed by atoms with Crippen LogP contribution in [-0.4, -0.2) is 26.8 Å². The van der Waals surface area contributed by atoms with Gasteiger partial charge in [-0.3, -0.25) is 0 Å². The van der Waals surface area contributed by atoms with Gasteiger partial charge in [-0.15, -0.1) is 12.4 Å². The molecule has 1 saturated carbocycles. The van der Waals surface area contributed by atoms with Crippen molar-refractivity contribution in [2.75, 3.05) is 0 Å². The zero-order chi connectivity index (χ0) is 23.5. The summed E-state index contributed by atoms with van der Waals surface area (Å²) in [5, 5.41) is 0. The van der Waals surface area contributed by atoms with Crippen molar-refractivity contribution < 1.29 is 43.5 Å². The normalized spacial score (nSPS) is 22.1. The maximum atomic E-state index is 14.2. The van der Waals surface area contributed by atoms with Crippen LogP contribution < -0.4 is 5.73 Å². The number of alkyl halides is 7. The van der Waals surface area contributed by atoms with Gasteiger partial charge >= 0.3 is 18.0 Å². The Hall–Kier alpha value is -1.92. The predicted octanol–water partition coefficient (Wildman–Crippen LogP) is 5.33. The van der Waals surface area contributed by atoms with Crippen LogP contribution in [0.15, 0.2) is 53.4 Å². The van der Waals surface area contributed by atoms with E-state index in [1.807, 2.05) is 0 Å². The van der Waals surface area contributed by atoms with Crippen LogP contribution in [0.1, 0.15) is 24.0 Å². The lowest BCUT2D eigenvalue weighted by Crippen LogP contribution is -2.54. The highest BCUT2D eigenvalue weighted by Gasteiger charge is 2.73. The molecule has 1 fully saturated rings. The molecule has 178 valence electrons.